The van der Waals surface area contributed by atoms with Crippen molar-refractivity contribution in [3.63, 3.8) is 0 Å². The summed E-state index contributed by atoms with van der Waals surface area (Å²) in [6.07, 6.45) is 3.94. The van der Waals surface area contributed by atoms with E-state index >= 15 is 0 Å². The molecule has 10 aromatic rings. The Hall–Kier alpha value is -7.22. The van der Waals surface area contributed by atoms with Crippen LogP contribution in [0.3, 0.4) is 0 Å². The highest BCUT2D eigenvalue weighted by atomic mass is 15.0. The fourth-order valence-corrected chi connectivity index (χ4v) is 8.92. The number of benzene rings is 7. The van der Waals surface area contributed by atoms with Gasteiger partial charge in [0, 0.05) is 32.7 Å². The third kappa shape index (κ3) is 5.16. The van der Waals surface area contributed by atoms with Crippen LogP contribution in [0.5, 0.6) is 0 Å². The first-order valence-electron chi connectivity index (χ1n) is 19.1. The zero-order valence-corrected chi connectivity index (χ0v) is 31.8. The average Bonchev–Trinajstić information content (AvgIpc) is 3.72. The van der Waals surface area contributed by atoms with Gasteiger partial charge in [-0.25, -0.2) is 0 Å². The lowest BCUT2D eigenvalue weighted by atomic mass is 9.96. The van der Waals surface area contributed by atoms with Crippen LogP contribution in [0.4, 0.5) is 0 Å². The molecule has 0 unspecified atom stereocenters. The van der Waals surface area contributed by atoms with Gasteiger partial charge in [0.2, 0.25) is 0 Å². The highest BCUT2D eigenvalue weighted by Crippen LogP contribution is 2.44. The van der Waals surface area contributed by atoms with Crippen molar-refractivity contribution in [2.45, 2.75) is 27.7 Å². The number of nitriles is 1. The fourth-order valence-electron chi connectivity index (χ4n) is 8.92. The van der Waals surface area contributed by atoms with Crippen molar-refractivity contribution in [2.75, 3.05) is 0 Å². The molecule has 0 spiro atoms. The van der Waals surface area contributed by atoms with Crippen molar-refractivity contribution in [3.05, 3.63) is 186 Å². The van der Waals surface area contributed by atoms with Gasteiger partial charge < -0.3 is 9.13 Å². The molecule has 0 N–H and O–H groups in total. The van der Waals surface area contributed by atoms with Gasteiger partial charge in [-0.2, -0.15) is 5.26 Å². The Bertz CT molecular complexity index is 3070. The van der Waals surface area contributed by atoms with E-state index in [1.165, 1.54) is 33.4 Å². The number of aromatic nitrogens is 3. The van der Waals surface area contributed by atoms with Crippen LogP contribution in [-0.2, 0) is 0 Å². The molecule has 0 saturated carbocycles. The first kappa shape index (κ1) is 33.4. The van der Waals surface area contributed by atoms with E-state index in [1.54, 1.807) is 0 Å². The monoisotopic (exact) mass is 718 g/mol. The van der Waals surface area contributed by atoms with E-state index in [9.17, 15) is 5.26 Å². The van der Waals surface area contributed by atoms with Gasteiger partial charge in [0.25, 0.3) is 0 Å². The minimum Gasteiger partial charge on any atom is -0.307 e. The van der Waals surface area contributed by atoms with Crippen molar-refractivity contribution in [2.24, 2.45) is 0 Å². The summed E-state index contributed by atoms with van der Waals surface area (Å²) in [4.78, 5) is 5.05. The van der Waals surface area contributed by atoms with Gasteiger partial charge >= 0.3 is 0 Å². The molecule has 0 bridgehead atoms. The maximum Gasteiger partial charge on any atom is 0.0998 e. The van der Waals surface area contributed by atoms with Crippen LogP contribution < -0.4 is 0 Å². The highest BCUT2D eigenvalue weighted by Gasteiger charge is 2.24. The number of pyridine rings is 1. The number of rotatable bonds is 5. The number of para-hydroxylation sites is 2. The summed E-state index contributed by atoms with van der Waals surface area (Å²) in [6.45, 7) is 8.65. The van der Waals surface area contributed by atoms with Gasteiger partial charge in [-0.05, 0) is 91.4 Å². The Morgan fingerprint density at radius 3 is 1.41 bits per heavy atom. The van der Waals surface area contributed by atoms with Crippen LogP contribution in [0, 0.1) is 39.0 Å². The van der Waals surface area contributed by atoms with E-state index in [0.29, 0.717) is 5.56 Å². The first-order valence-corrected chi connectivity index (χ1v) is 19.1. The zero-order valence-electron chi connectivity index (χ0n) is 31.8. The molecular formula is C52H38N4. The third-order valence-electron chi connectivity index (χ3n) is 11.4. The van der Waals surface area contributed by atoms with E-state index in [0.717, 1.165) is 77.2 Å². The van der Waals surface area contributed by atoms with Gasteiger partial charge in [0.1, 0.15) is 0 Å². The predicted octanol–water partition coefficient (Wildman–Crippen LogP) is 13.4. The summed E-state index contributed by atoms with van der Waals surface area (Å²) in [6, 6.07) is 54.6. The van der Waals surface area contributed by atoms with Gasteiger partial charge in [-0.1, -0.05) is 126 Å². The molecule has 0 amide bonds. The summed E-state index contributed by atoms with van der Waals surface area (Å²) in [5.74, 6) is 0. The van der Waals surface area contributed by atoms with E-state index in [4.69, 9.17) is 4.98 Å². The number of aryl methyl sites for hydroxylation is 4. The number of nitrogens with zero attached hydrogens (tertiary/aromatic N) is 4. The van der Waals surface area contributed by atoms with Gasteiger partial charge in [0.05, 0.1) is 57.5 Å². The third-order valence-corrected chi connectivity index (χ3v) is 11.4. The molecule has 3 heterocycles. The van der Waals surface area contributed by atoms with Gasteiger partial charge in [-0.15, -0.1) is 0 Å². The molecular weight excluding hydrogens is 681 g/mol. The van der Waals surface area contributed by atoms with E-state index < -0.39 is 0 Å². The quantitative estimate of drug-likeness (QED) is 0.178. The second-order valence-corrected chi connectivity index (χ2v) is 15.0. The van der Waals surface area contributed by atoms with Crippen LogP contribution in [-0.4, -0.2) is 14.1 Å². The summed E-state index contributed by atoms with van der Waals surface area (Å²) in [5, 5.41) is 15.3. The molecule has 10 rings (SSSR count). The van der Waals surface area contributed by atoms with Crippen LogP contribution in [0.2, 0.25) is 0 Å². The Kier molecular flexibility index (Phi) is 7.73. The van der Waals surface area contributed by atoms with E-state index in [-0.39, 0.29) is 0 Å². The number of hydrogen-bond donors (Lipinski definition) is 0. The van der Waals surface area contributed by atoms with Gasteiger partial charge in [-0.3, -0.25) is 4.98 Å². The molecule has 56 heavy (non-hydrogen) atoms. The second-order valence-electron chi connectivity index (χ2n) is 15.0. The SMILES string of the molecule is Cc1ccc(-c2ccc3c4ccccc4n(-c4cncc(-n5c6ccccc6c6ccc(-c7ccc(C)cc7C)cc65)c4-c4ccccc4C#N)c3c2)c(C)c1. The smallest absolute Gasteiger partial charge is 0.0998 e. The molecule has 4 nitrogen and oxygen atoms in total. The molecule has 7 aromatic carbocycles. The van der Waals surface area contributed by atoms with Gasteiger partial charge in [0.15, 0.2) is 0 Å². The Morgan fingerprint density at radius 1 is 0.446 bits per heavy atom. The summed E-state index contributed by atoms with van der Waals surface area (Å²) in [5.41, 5.74) is 18.2. The van der Waals surface area contributed by atoms with Crippen LogP contribution in [0.25, 0.3) is 88.4 Å². The molecule has 4 heteroatoms. The Balaban J connectivity index is 1.34. The lowest BCUT2D eigenvalue weighted by Gasteiger charge is -2.20. The van der Waals surface area contributed by atoms with Crippen LogP contribution in [0.1, 0.15) is 27.8 Å². The molecule has 0 aliphatic carbocycles. The maximum absolute atomic E-state index is 10.6. The number of fused-ring (bicyclic) bond motifs is 6. The summed E-state index contributed by atoms with van der Waals surface area (Å²) in [7, 11) is 0. The minimum atomic E-state index is 0.606. The lowest BCUT2D eigenvalue weighted by Crippen LogP contribution is -2.05. The molecule has 266 valence electrons. The largest absolute Gasteiger partial charge is 0.307 e. The normalized spacial score (nSPS) is 11.6. The Labute approximate surface area is 326 Å². The first-order chi connectivity index (χ1) is 27.4. The van der Waals surface area contributed by atoms with Crippen LogP contribution >= 0.6 is 0 Å². The number of hydrogen-bond acceptors (Lipinski definition) is 2. The molecule has 0 radical (unpaired) electrons. The Morgan fingerprint density at radius 2 is 0.911 bits per heavy atom. The van der Waals surface area contributed by atoms with E-state index in [1.807, 2.05) is 30.6 Å². The summed E-state index contributed by atoms with van der Waals surface area (Å²) < 4.78 is 4.71. The van der Waals surface area contributed by atoms with Crippen molar-refractivity contribution < 1.29 is 0 Å². The molecule has 0 fully saturated rings. The average molecular weight is 719 g/mol. The summed E-state index contributed by atoms with van der Waals surface area (Å²) >= 11 is 0. The second kappa shape index (κ2) is 13.0. The molecule has 0 saturated heterocycles. The molecule has 3 aromatic heterocycles. The standard InChI is InChI=1S/C52H38N4/c1-32-17-21-39(34(3)25-32)36-19-23-44-42-13-7-9-15-46(42)55(48(44)27-36)50-30-54-31-51(52(50)41-12-6-5-11-38(41)29-53)56-47-16-10-8-14-43(47)45-24-20-37(28-49(45)56)40-22-18-33(2)26-35(40)4/h5-28,30-31H,1-4H3. The minimum absolute atomic E-state index is 0.606. The maximum atomic E-state index is 10.6. The lowest BCUT2D eigenvalue weighted by molar-refractivity contribution is 1.09. The molecule has 0 aliphatic rings. The molecule has 0 atom stereocenters. The zero-order chi connectivity index (χ0) is 38.1. The van der Waals surface area contributed by atoms with Crippen molar-refractivity contribution in [3.8, 4) is 50.8 Å². The fraction of sp³-hybridized carbons (Fsp3) is 0.0769. The molecule has 0 aliphatic heterocycles. The van der Waals surface area contributed by atoms with Crippen LogP contribution in [0.15, 0.2) is 158 Å². The van der Waals surface area contributed by atoms with Crippen molar-refractivity contribution >= 4 is 43.6 Å². The van der Waals surface area contributed by atoms with Crippen molar-refractivity contribution in [1.29, 1.82) is 5.26 Å². The predicted molar refractivity (Wildman–Crippen MR) is 233 cm³/mol. The van der Waals surface area contributed by atoms with E-state index in [2.05, 4.69) is 170 Å². The topological polar surface area (TPSA) is 46.5 Å². The highest BCUT2D eigenvalue weighted by molar-refractivity contribution is 6.13. The van der Waals surface area contributed by atoms with Crippen molar-refractivity contribution in [1.82, 2.24) is 14.1 Å².